The van der Waals surface area contributed by atoms with Crippen molar-refractivity contribution in [2.24, 2.45) is 0 Å². The summed E-state index contributed by atoms with van der Waals surface area (Å²) in [6.45, 7) is 3.22. The van der Waals surface area contributed by atoms with Gasteiger partial charge in [0.2, 0.25) is 5.91 Å². The zero-order chi connectivity index (χ0) is 28.4. The highest BCUT2D eigenvalue weighted by Gasteiger charge is 2.23. The topological polar surface area (TPSA) is 80.3 Å². The van der Waals surface area contributed by atoms with Crippen LogP contribution in [0.3, 0.4) is 0 Å². The third-order valence-corrected chi connectivity index (χ3v) is 7.78. The molecule has 1 N–H and O–H groups in total. The van der Waals surface area contributed by atoms with Crippen molar-refractivity contribution in [1.82, 2.24) is 9.80 Å². The molecular weight excluding hydrogens is 561 g/mol. The van der Waals surface area contributed by atoms with E-state index in [0.29, 0.717) is 46.7 Å². The largest absolute Gasteiger partial charge is 0.493 e. The van der Waals surface area contributed by atoms with Crippen LogP contribution in [0.25, 0.3) is 0 Å². The number of hydrogen-bond acceptors (Lipinski definition) is 6. The van der Waals surface area contributed by atoms with E-state index in [0.717, 1.165) is 16.0 Å². The number of halogens is 2. The lowest BCUT2D eigenvalue weighted by Crippen LogP contribution is -2.46. The molecule has 0 saturated heterocycles. The summed E-state index contributed by atoms with van der Waals surface area (Å²) in [4.78, 5) is 31.1. The molecule has 11 heteroatoms. The number of nitrogens with zero attached hydrogens (tertiary/aromatic N) is 2. The second-order valence-electron chi connectivity index (χ2n) is 8.72. The standard InChI is InChI=1S/C28H33Cl2N3O5S/c1-19-11-15-39-25(19)17-32(12-10-20-8-9-23(37-3)24(16-20)38-4)26(34)18-33(13-14-36-2)28(35)31-27-21(29)6-5-7-22(27)30/h5-9,11,15-16H,10,12-14,17-18H2,1-4H3,(H,31,35). The molecule has 0 fully saturated rings. The Labute approximate surface area is 243 Å². The molecule has 0 spiro atoms. The molecular formula is C28H33Cl2N3O5S. The van der Waals surface area contributed by atoms with Gasteiger partial charge in [0.25, 0.3) is 0 Å². The number of carbonyl (C=O) groups excluding carboxylic acids is 2. The van der Waals surface area contributed by atoms with Crippen LogP contribution in [0.15, 0.2) is 47.8 Å². The van der Waals surface area contributed by atoms with Gasteiger partial charge in [-0.1, -0.05) is 35.3 Å². The molecule has 3 amide bonds. The molecule has 0 bridgehead atoms. The van der Waals surface area contributed by atoms with Crippen molar-refractivity contribution in [3.8, 4) is 11.5 Å². The molecule has 0 aliphatic rings. The van der Waals surface area contributed by atoms with Gasteiger partial charge in [-0.15, -0.1) is 11.3 Å². The van der Waals surface area contributed by atoms with Gasteiger partial charge in [0.1, 0.15) is 6.54 Å². The van der Waals surface area contributed by atoms with Crippen LogP contribution >= 0.6 is 34.5 Å². The second kappa shape index (κ2) is 15.0. The van der Waals surface area contributed by atoms with Crippen LogP contribution in [0.4, 0.5) is 10.5 Å². The van der Waals surface area contributed by atoms with Crippen molar-refractivity contribution in [1.29, 1.82) is 0 Å². The summed E-state index contributed by atoms with van der Waals surface area (Å²) >= 11 is 14.1. The quantitative estimate of drug-likeness (QED) is 0.258. The number of amides is 3. The zero-order valence-electron chi connectivity index (χ0n) is 22.5. The number of urea groups is 1. The normalized spacial score (nSPS) is 10.7. The minimum Gasteiger partial charge on any atom is -0.493 e. The van der Waals surface area contributed by atoms with Gasteiger partial charge >= 0.3 is 6.03 Å². The monoisotopic (exact) mass is 593 g/mol. The van der Waals surface area contributed by atoms with Crippen LogP contribution in [0, 0.1) is 6.92 Å². The molecule has 0 unspecified atom stereocenters. The van der Waals surface area contributed by atoms with E-state index in [1.807, 2.05) is 36.6 Å². The first-order chi connectivity index (χ1) is 18.8. The van der Waals surface area contributed by atoms with E-state index < -0.39 is 6.03 Å². The van der Waals surface area contributed by atoms with Crippen molar-refractivity contribution < 1.29 is 23.8 Å². The first-order valence-corrected chi connectivity index (χ1v) is 13.9. The van der Waals surface area contributed by atoms with Crippen molar-refractivity contribution in [2.75, 3.05) is 52.9 Å². The Morgan fingerprint density at radius 1 is 0.949 bits per heavy atom. The lowest BCUT2D eigenvalue weighted by atomic mass is 10.1. The fourth-order valence-electron chi connectivity index (χ4n) is 3.85. The summed E-state index contributed by atoms with van der Waals surface area (Å²) < 4.78 is 16.0. The van der Waals surface area contributed by atoms with Crippen molar-refractivity contribution in [2.45, 2.75) is 19.9 Å². The summed E-state index contributed by atoms with van der Waals surface area (Å²) in [5.74, 6) is 1.07. The highest BCUT2D eigenvalue weighted by molar-refractivity contribution is 7.10. The summed E-state index contributed by atoms with van der Waals surface area (Å²) in [6, 6.07) is 12.2. The first-order valence-electron chi connectivity index (χ1n) is 12.3. The van der Waals surface area contributed by atoms with E-state index in [1.165, 1.54) is 12.0 Å². The molecule has 0 radical (unpaired) electrons. The number of hydrogen-bond donors (Lipinski definition) is 1. The molecule has 8 nitrogen and oxygen atoms in total. The number of ether oxygens (including phenoxy) is 3. The zero-order valence-corrected chi connectivity index (χ0v) is 24.8. The molecule has 0 saturated carbocycles. The van der Waals surface area contributed by atoms with E-state index in [2.05, 4.69) is 5.32 Å². The van der Waals surface area contributed by atoms with E-state index in [4.69, 9.17) is 37.4 Å². The molecule has 0 aliphatic carbocycles. The van der Waals surface area contributed by atoms with E-state index in [-0.39, 0.29) is 25.6 Å². The van der Waals surface area contributed by atoms with Crippen molar-refractivity contribution in [3.05, 3.63) is 73.9 Å². The minimum atomic E-state index is -0.498. The van der Waals surface area contributed by atoms with Crippen LogP contribution in [0.5, 0.6) is 11.5 Å². The molecule has 39 heavy (non-hydrogen) atoms. The van der Waals surface area contributed by atoms with Gasteiger partial charge in [0.15, 0.2) is 11.5 Å². The van der Waals surface area contributed by atoms with E-state index in [1.54, 1.807) is 48.7 Å². The second-order valence-corrected chi connectivity index (χ2v) is 10.5. The van der Waals surface area contributed by atoms with Gasteiger partial charge in [0.05, 0.1) is 43.1 Å². The van der Waals surface area contributed by atoms with Crippen molar-refractivity contribution in [3.63, 3.8) is 0 Å². The highest BCUT2D eigenvalue weighted by atomic mass is 35.5. The summed E-state index contributed by atoms with van der Waals surface area (Å²) in [6.07, 6.45) is 0.593. The summed E-state index contributed by atoms with van der Waals surface area (Å²) in [5, 5.41) is 5.36. The van der Waals surface area contributed by atoms with Gasteiger partial charge in [-0.3, -0.25) is 4.79 Å². The number of benzene rings is 2. The van der Waals surface area contributed by atoms with Crippen LogP contribution < -0.4 is 14.8 Å². The van der Waals surface area contributed by atoms with E-state index in [9.17, 15) is 9.59 Å². The number of methoxy groups -OCH3 is 3. The average Bonchev–Trinajstić information content (AvgIpc) is 3.34. The average molecular weight is 595 g/mol. The van der Waals surface area contributed by atoms with E-state index >= 15 is 0 Å². The Morgan fingerprint density at radius 3 is 2.28 bits per heavy atom. The Hall–Kier alpha value is -2.98. The van der Waals surface area contributed by atoms with Crippen LogP contribution in [0.1, 0.15) is 16.0 Å². The number of aryl methyl sites for hydroxylation is 1. The lowest BCUT2D eigenvalue weighted by molar-refractivity contribution is -0.132. The fraction of sp³-hybridized carbons (Fsp3) is 0.357. The Balaban J connectivity index is 1.79. The van der Waals surface area contributed by atoms with Crippen molar-refractivity contribution >= 4 is 52.2 Å². The third kappa shape index (κ3) is 8.50. The van der Waals surface area contributed by atoms with Gasteiger partial charge < -0.3 is 29.3 Å². The first kappa shape index (κ1) is 30.6. The molecule has 1 aromatic heterocycles. The predicted molar refractivity (Wildman–Crippen MR) is 157 cm³/mol. The number of rotatable bonds is 13. The number of nitrogens with one attached hydrogen (secondary N) is 1. The predicted octanol–water partition coefficient (Wildman–Crippen LogP) is 6.13. The summed E-state index contributed by atoms with van der Waals surface area (Å²) in [7, 11) is 4.72. The summed E-state index contributed by atoms with van der Waals surface area (Å²) in [5.41, 5.74) is 2.40. The van der Waals surface area contributed by atoms with Gasteiger partial charge in [-0.25, -0.2) is 4.79 Å². The third-order valence-electron chi connectivity index (χ3n) is 6.15. The number of anilines is 1. The van der Waals surface area contributed by atoms with Crippen LogP contribution in [0.2, 0.25) is 10.0 Å². The minimum absolute atomic E-state index is 0.145. The molecule has 0 aliphatic heterocycles. The fourth-order valence-corrected chi connectivity index (χ4v) is 5.26. The molecule has 210 valence electrons. The van der Waals surface area contributed by atoms with Crippen LogP contribution in [-0.4, -0.2) is 69.3 Å². The maximum atomic E-state index is 13.7. The van der Waals surface area contributed by atoms with Gasteiger partial charge in [-0.2, -0.15) is 0 Å². The Kier molecular flexibility index (Phi) is 11.7. The Bertz CT molecular complexity index is 1250. The SMILES string of the molecule is COCCN(CC(=O)N(CCc1ccc(OC)c(OC)c1)Cc1sccc1C)C(=O)Nc1c(Cl)cccc1Cl. The number of para-hydroxylation sites is 1. The number of thiophene rings is 1. The number of carbonyl (C=O) groups is 2. The van der Waals surface area contributed by atoms with Crippen LogP contribution in [-0.2, 0) is 22.5 Å². The maximum Gasteiger partial charge on any atom is 0.322 e. The van der Waals surface area contributed by atoms with Gasteiger partial charge in [0, 0.05) is 25.1 Å². The lowest BCUT2D eigenvalue weighted by Gasteiger charge is -2.28. The highest BCUT2D eigenvalue weighted by Crippen LogP contribution is 2.30. The molecule has 0 atom stereocenters. The Morgan fingerprint density at radius 2 is 1.67 bits per heavy atom. The molecule has 2 aromatic carbocycles. The molecule has 3 rings (SSSR count). The maximum absolute atomic E-state index is 13.7. The molecule has 3 aromatic rings. The van der Waals surface area contributed by atoms with Gasteiger partial charge in [-0.05, 0) is 60.2 Å². The smallest absolute Gasteiger partial charge is 0.322 e. The molecule has 1 heterocycles.